The second-order valence-corrected chi connectivity index (χ2v) is 8.25. The van der Waals surface area contributed by atoms with Crippen molar-refractivity contribution in [3.63, 3.8) is 0 Å². The van der Waals surface area contributed by atoms with Gasteiger partial charge in [-0.05, 0) is 44.8 Å². The van der Waals surface area contributed by atoms with Gasteiger partial charge in [0, 0.05) is 7.05 Å². The van der Waals surface area contributed by atoms with Crippen molar-refractivity contribution in [3.8, 4) is 0 Å². The number of likely N-dealkylation sites (N-methyl/N-ethyl adjacent to an activating group) is 1. The molecular formula is C31H33NO2Rf. The van der Waals surface area contributed by atoms with Crippen LogP contribution < -0.4 is 0 Å². The van der Waals surface area contributed by atoms with Crippen LogP contribution in [0.2, 0.25) is 0 Å². The third kappa shape index (κ3) is 6.83. The topological polar surface area (TPSA) is 37.3 Å². The average molecular weight is 719 g/mol. The Kier molecular flexibility index (Phi) is 9.39. The van der Waals surface area contributed by atoms with Crippen molar-refractivity contribution < 1.29 is 14.4 Å². The molecule has 0 bridgehead atoms. The van der Waals surface area contributed by atoms with E-state index < -0.39 is 5.97 Å². The van der Waals surface area contributed by atoms with E-state index in [-0.39, 0.29) is 4.48 Å². The van der Waals surface area contributed by atoms with E-state index in [1.807, 2.05) is 57.3 Å². The summed E-state index contributed by atoms with van der Waals surface area (Å²) in [6.07, 6.45) is 8.30. The van der Waals surface area contributed by atoms with Gasteiger partial charge in [-0.15, -0.1) is 0 Å². The number of carboxylic acids is 1. The number of rotatable bonds is 8. The van der Waals surface area contributed by atoms with E-state index in [1.165, 1.54) is 28.1 Å². The molecule has 0 aliphatic carbocycles. The molecule has 0 saturated heterocycles. The third-order valence-electron chi connectivity index (χ3n) is 5.71. The monoisotopic (exact) mass is 718 g/mol. The number of aliphatic carboxylic acids is 1. The zero-order valence-corrected chi connectivity index (χ0v) is 27.3. The molecule has 0 spiro atoms. The van der Waals surface area contributed by atoms with Crippen molar-refractivity contribution in [2.75, 3.05) is 20.1 Å². The third-order valence-corrected chi connectivity index (χ3v) is 5.71. The molecule has 4 rings (SSSR count). The predicted octanol–water partition coefficient (Wildman–Crippen LogP) is 7.44. The van der Waals surface area contributed by atoms with E-state index in [4.69, 9.17) is 0 Å². The molecule has 4 aromatic rings. The van der Waals surface area contributed by atoms with Crippen LogP contribution in [-0.2, 0) is 4.79 Å². The van der Waals surface area contributed by atoms with Crippen molar-refractivity contribution in [1.82, 2.24) is 0 Å². The van der Waals surface area contributed by atoms with Crippen LogP contribution in [0.4, 0.5) is 0 Å². The number of nitrogens with zero attached hydrogens (tertiary/aromatic N) is 1. The van der Waals surface area contributed by atoms with Crippen LogP contribution in [-0.4, -0.2) is 35.7 Å². The number of benzene rings is 4. The minimum atomic E-state index is -0.912. The summed E-state index contributed by atoms with van der Waals surface area (Å²) in [6, 6.07) is 29.0. The molecule has 0 aliphatic rings. The molecule has 0 fully saturated rings. The van der Waals surface area contributed by atoms with Gasteiger partial charge < -0.3 is 9.59 Å². The van der Waals surface area contributed by atoms with Crippen LogP contribution in [0.25, 0.3) is 33.7 Å². The Morgan fingerprint density at radius 1 is 0.743 bits per heavy atom. The van der Waals surface area contributed by atoms with Crippen LogP contribution in [0.3, 0.4) is 0 Å². The van der Waals surface area contributed by atoms with Crippen molar-refractivity contribution in [2.24, 2.45) is 0 Å². The summed E-state index contributed by atoms with van der Waals surface area (Å²) in [6.45, 7) is 6.52. The zero-order valence-electron chi connectivity index (χ0n) is 20.9. The molecule has 0 unspecified atom stereocenters. The van der Waals surface area contributed by atoms with E-state index in [0.717, 1.165) is 11.1 Å². The van der Waals surface area contributed by atoms with Crippen LogP contribution in [0.15, 0.2) is 97.1 Å². The van der Waals surface area contributed by atoms with Gasteiger partial charge in [0.05, 0.1) is 13.1 Å². The molecule has 0 radical (unpaired) electrons. The molecule has 3 nitrogen and oxygen atoms in total. The second-order valence-electron chi connectivity index (χ2n) is 8.25. The van der Waals surface area contributed by atoms with Crippen LogP contribution in [0.5, 0.6) is 0 Å². The first-order valence-corrected chi connectivity index (χ1v) is 11.8. The first-order chi connectivity index (χ1) is 16.5. The van der Waals surface area contributed by atoms with E-state index in [2.05, 4.69) is 72.8 Å². The molecule has 0 saturated carbocycles. The Morgan fingerprint density at radius 2 is 1.14 bits per heavy atom. The molecular weight excluding hydrogens is 685 g/mol. The van der Waals surface area contributed by atoms with Gasteiger partial charge in [0.1, 0.15) is 0 Å². The smallest absolute Gasteiger partial charge is 0.217 e. The first kappa shape index (κ1) is 26.4. The molecule has 4 heteroatoms. The molecule has 0 aromatic heterocycles. The van der Waals surface area contributed by atoms with Crippen molar-refractivity contribution in [2.45, 2.75) is 13.8 Å². The van der Waals surface area contributed by atoms with Gasteiger partial charge >= 0.3 is 0 Å². The molecule has 35 heavy (non-hydrogen) atoms. The number of carbonyl (C=O) groups is 1. The second kappa shape index (κ2) is 12.4. The Morgan fingerprint density at radius 3 is 1.57 bits per heavy atom. The van der Waals surface area contributed by atoms with Crippen LogP contribution in [0.1, 0.15) is 25.0 Å². The Hall–Kier alpha value is -4.82. The van der Waals surface area contributed by atoms with Gasteiger partial charge in [-0.2, -0.15) is 0 Å². The van der Waals surface area contributed by atoms with Gasteiger partial charge in [0.15, 0.2) is 0 Å². The molecule has 0 aliphatic heterocycles. The van der Waals surface area contributed by atoms with Crippen LogP contribution >= 0.6 is 0 Å². The molecule has 176 valence electrons. The maximum Gasteiger partial charge on any atom is 0.217 e. The SMILES string of the molecule is CC.C[N+]([CH-]C(=O)O)(C/C=C/c1cccc2ccccc12)C/C=C/c1cccc2ccccc12.[Rf]. The number of hydrogen-bond donors (Lipinski definition) is 1. The molecule has 1 N–H and O–H groups in total. The van der Waals surface area contributed by atoms with Gasteiger partial charge in [0.25, 0.3) is 0 Å². The fourth-order valence-electron chi connectivity index (χ4n) is 4.08. The summed E-state index contributed by atoms with van der Waals surface area (Å²) < 4.78 is 0.276. The maximum absolute atomic E-state index is 11.5. The van der Waals surface area contributed by atoms with Crippen molar-refractivity contribution >= 4 is 39.7 Å². The number of quaternary nitrogens is 1. The van der Waals surface area contributed by atoms with E-state index in [0.29, 0.717) is 13.1 Å². The molecule has 0 amide bonds. The van der Waals surface area contributed by atoms with E-state index in [9.17, 15) is 9.90 Å². The Bertz CT molecular complexity index is 1210. The Balaban J connectivity index is 0.00000140. The van der Waals surface area contributed by atoms with Gasteiger partial charge in [-0.3, -0.25) is 4.79 Å². The first-order valence-electron chi connectivity index (χ1n) is 11.8. The fraction of sp³-hybridized carbons (Fsp3) is 0.161. The quantitative estimate of drug-likeness (QED) is 0.152. The standard InChI is InChI=1S/C29H27NO2.C2H6.Rf/c1-30(22-29(31)32,20-8-16-25-14-6-12-23-10-2-4-18-27(23)25)21-9-17-26-15-7-13-24-11-3-5-19-28(24)26;1-2;/h2-19,22H,20-21H2,1H3,(H,31,32);1-2H3;/b16-8+,17-9+;;. The van der Waals surface area contributed by atoms with E-state index in [1.54, 1.807) is 0 Å². The van der Waals surface area contributed by atoms with Gasteiger partial charge in [-0.1, -0.05) is 117 Å². The number of hydrogen-bond acceptors (Lipinski definition) is 1. The largest absolute Gasteiger partial charge is 0.500 e. The minimum absolute atomic E-state index is 0. The van der Waals surface area contributed by atoms with Crippen molar-refractivity contribution in [3.05, 3.63) is 115 Å². The summed E-state index contributed by atoms with van der Waals surface area (Å²) in [5.74, 6) is -0.912. The molecule has 4 aromatic carbocycles. The summed E-state index contributed by atoms with van der Waals surface area (Å²) in [5.41, 5.74) is 2.27. The summed E-state index contributed by atoms with van der Waals surface area (Å²) in [5, 5.41) is 14.2. The molecule has 0 atom stereocenters. The fourth-order valence-corrected chi connectivity index (χ4v) is 4.08. The predicted molar refractivity (Wildman–Crippen MR) is 145 cm³/mol. The van der Waals surface area contributed by atoms with Crippen molar-refractivity contribution in [1.29, 1.82) is 0 Å². The summed E-state index contributed by atoms with van der Waals surface area (Å²) in [4.78, 5) is 11.5. The normalized spacial score (nSPS) is 11.3. The van der Waals surface area contributed by atoms with E-state index >= 15 is 0 Å². The summed E-state index contributed by atoms with van der Waals surface area (Å²) in [7, 11) is 1.94. The van der Waals surface area contributed by atoms with Gasteiger partial charge in [0.2, 0.25) is 5.97 Å². The zero-order chi connectivity index (χ0) is 24.4. The average Bonchev–Trinajstić information content (AvgIpc) is 2.85. The van der Waals surface area contributed by atoms with Gasteiger partial charge in [-0.25, -0.2) is 0 Å². The molecule has 0 heterocycles. The number of carboxylic acid groups (broad SMARTS) is 1. The summed E-state index contributed by atoms with van der Waals surface area (Å²) >= 11 is 0. The minimum Gasteiger partial charge on any atom is -0.500 e. The number of fused-ring (bicyclic) bond motifs is 2. The van der Waals surface area contributed by atoms with Crippen LogP contribution in [0, 0.1) is 6.54 Å². The maximum atomic E-state index is 11.5. The Labute approximate surface area is 202 Å².